The molecule has 1 aliphatic heterocycles. The Balaban J connectivity index is 1.66. The number of ether oxygens (including phenoxy) is 2. The highest BCUT2D eigenvalue weighted by Crippen LogP contribution is 2.36. The fraction of sp³-hybridized carbons (Fsp3) is 0.375. The molecule has 1 aromatic carbocycles. The van der Waals surface area contributed by atoms with Crippen LogP contribution in [0.1, 0.15) is 41.3 Å². The standard InChI is InChI=1S/C24H26N2O5/c1-4-29-21(27)9-8-19-15(2)20-11-17-12-26(13-18-7-5-6-10-25-18)14-30-22(17)16(3)23(20)31-24(19)28/h5-7,10-11H,4,8-9,12-14H2,1-3H3. The molecular formula is C24H26N2O5. The van der Waals surface area contributed by atoms with E-state index in [9.17, 15) is 9.59 Å². The number of hydrogen-bond acceptors (Lipinski definition) is 7. The van der Waals surface area contributed by atoms with Crippen molar-refractivity contribution in [3.63, 3.8) is 0 Å². The fourth-order valence-corrected chi connectivity index (χ4v) is 4.06. The molecule has 0 fully saturated rings. The highest BCUT2D eigenvalue weighted by atomic mass is 16.5. The number of hydrogen-bond donors (Lipinski definition) is 0. The molecule has 0 atom stereocenters. The van der Waals surface area contributed by atoms with Gasteiger partial charge in [0.25, 0.3) is 0 Å². The minimum atomic E-state index is -0.412. The molecule has 7 heteroatoms. The maximum absolute atomic E-state index is 12.6. The van der Waals surface area contributed by atoms with Crippen LogP contribution in [0.25, 0.3) is 11.0 Å². The van der Waals surface area contributed by atoms with Crippen molar-refractivity contribution in [2.75, 3.05) is 13.3 Å². The van der Waals surface area contributed by atoms with E-state index in [2.05, 4.69) is 9.88 Å². The largest absolute Gasteiger partial charge is 0.477 e. The second-order valence-electron chi connectivity index (χ2n) is 7.75. The van der Waals surface area contributed by atoms with Crippen LogP contribution >= 0.6 is 0 Å². The Morgan fingerprint density at radius 2 is 2.10 bits per heavy atom. The van der Waals surface area contributed by atoms with Crippen molar-refractivity contribution < 1.29 is 18.7 Å². The molecule has 3 heterocycles. The number of benzene rings is 1. The lowest BCUT2D eigenvalue weighted by atomic mass is 9.97. The molecule has 0 saturated carbocycles. The number of carbonyl (C=O) groups is 1. The van der Waals surface area contributed by atoms with Crippen molar-refractivity contribution >= 4 is 16.9 Å². The molecular weight excluding hydrogens is 396 g/mol. The number of carbonyl (C=O) groups excluding carboxylic acids is 1. The molecule has 0 bridgehead atoms. The smallest absolute Gasteiger partial charge is 0.339 e. The third-order valence-electron chi connectivity index (χ3n) is 5.62. The lowest BCUT2D eigenvalue weighted by molar-refractivity contribution is -0.143. The summed E-state index contributed by atoms with van der Waals surface area (Å²) in [5.41, 5.74) is 4.33. The van der Waals surface area contributed by atoms with Crippen molar-refractivity contribution in [3.8, 4) is 5.75 Å². The minimum absolute atomic E-state index is 0.149. The molecule has 1 aliphatic rings. The number of pyridine rings is 1. The average molecular weight is 422 g/mol. The molecule has 7 nitrogen and oxygen atoms in total. The second-order valence-corrected chi connectivity index (χ2v) is 7.75. The van der Waals surface area contributed by atoms with Crippen LogP contribution in [0.15, 0.2) is 39.7 Å². The first-order valence-corrected chi connectivity index (χ1v) is 10.5. The minimum Gasteiger partial charge on any atom is -0.477 e. The van der Waals surface area contributed by atoms with E-state index < -0.39 is 5.63 Å². The van der Waals surface area contributed by atoms with E-state index in [1.165, 1.54) is 0 Å². The van der Waals surface area contributed by atoms with Crippen LogP contribution in [-0.2, 0) is 29.0 Å². The summed E-state index contributed by atoms with van der Waals surface area (Å²) in [6.07, 6.45) is 2.23. The van der Waals surface area contributed by atoms with E-state index in [0.29, 0.717) is 44.0 Å². The van der Waals surface area contributed by atoms with E-state index in [1.807, 2.05) is 38.1 Å². The van der Waals surface area contributed by atoms with Crippen LogP contribution in [0, 0.1) is 13.8 Å². The molecule has 4 rings (SSSR count). The number of rotatable bonds is 6. The summed E-state index contributed by atoms with van der Waals surface area (Å²) in [4.78, 5) is 30.9. The SMILES string of the molecule is CCOC(=O)CCc1c(C)c2cc3c(c(C)c2oc1=O)OCN(Cc1ccccn1)C3. The maximum Gasteiger partial charge on any atom is 0.339 e. The van der Waals surface area contributed by atoms with Gasteiger partial charge in [0.15, 0.2) is 0 Å². The summed E-state index contributed by atoms with van der Waals surface area (Å²) in [5, 5.41) is 0.873. The number of aryl methyl sites for hydroxylation is 2. The first kappa shape index (κ1) is 21.1. The normalized spacial score (nSPS) is 13.6. The van der Waals surface area contributed by atoms with Gasteiger partial charge in [0.1, 0.15) is 18.1 Å². The highest BCUT2D eigenvalue weighted by Gasteiger charge is 2.24. The third-order valence-corrected chi connectivity index (χ3v) is 5.62. The molecule has 0 N–H and O–H groups in total. The molecule has 2 aromatic heterocycles. The maximum atomic E-state index is 12.6. The second kappa shape index (κ2) is 8.89. The first-order chi connectivity index (χ1) is 15.0. The van der Waals surface area contributed by atoms with Crippen LogP contribution in [-0.4, -0.2) is 29.2 Å². The van der Waals surface area contributed by atoms with Crippen molar-refractivity contribution in [1.29, 1.82) is 0 Å². The Bertz CT molecular complexity index is 1170. The van der Waals surface area contributed by atoms with Gasteiger partial charge in [-0.2, -0.15) is 0 Å². The third kappa shape index (κ3) is 4.32. The van der Waals surface area contributed by atoms with Gasteiger partial charge < -0.3 is 13.9 Å². The van der Waals surface area contributed by atoms with Gasteiger partial charge in [0.05, 0.1) is 12.3 Å². The molecule has 31 heavy (non-hydrogen) atoms. The first-order valence-electron chi connectivity index (χ1n) is 10.5. The molecule has 0 amide bonds. The van der Waals surface area contributed by atoms with Gasteiger partial charge >= 0.3 is 11.6 Å². The van der Waals surface area contributed by atoms with Gasteiger partial charge in [-0.05, 0) is 51.0 Å². The number of nitrogens with zero attached hydrogens (tertiary/aromatic N) is 2. The van der Waals surface area contributed by atoms with Crippen LogP contribution in [0.5, 0.6) is 5.75 Å². The molecule has 0 saturated heterocycles. The monoisotopic (exact) mass is 422 g/mol. The Labute approximate surface area is 180 Å². The predicted molar refractivity (Wildman–Crippen MR) is 116 cm³/mol. The van der Waals surface area contributed by atoms with Gasteiger partial charge in [-0.25, -0.2) is 4.79 Å². The molecule has 0 spiro atoms. The molecule has 0 unspecified atom stereocenters. The Kier molecular flexibility index (Phi) is 6.04. The summed E-state index contributed by atoms with van der Waals surface area (Å²) in [7, 11) is 0. The van der Waals surface area contributed by atoms with E-state index in [0.717, 1.165) is 33.5 Å². The number of fused-ring (bicyclic) bond motifs is 2. The summed E-state index contributed by atoms with van der Waals surface area (Å²) in [6, 6.07) is 7.91. The zero-order valence-electron chi connectivity index (χ0n) is 18.1. The van der Waals surface area contributed by atoms with E-state index in [1.54, 1.807) is 13.1 Å². The van der Waals surface area contributed by atoms with Gasteiger partial charge in [0.2, 0.25) is 0 Å². The van der Waals surface area contributed by atoms with Gasteiger partial charge in [-0.15, -0.1) is 0 Å². The van der Waals surface area contributed by atoms with Crippen LogP contribution < -0.4 is 10.4 Å². The Morgan fingerprint density at radius 3 is 2.84 bits per heavy atom. The average Bonchev–Trinajstić information content (AvgIpc) is 2.75. The van der Waals surface area contributed by atoms with Crippen molar-refractivity contribution in [2.24, 2.45) is 0 Å². The summed E-state index contributed by atoms with van der Waals surface area (Å²) in [6.45, 7) is 7.74. The highest BCUT2D eigenvalue weighted by molar-refractivity contribution is 5.87. The Morgan fingerprint density at radius 1 is 1.26 bits per heavy atom. The molecule has 0 radical (unpaired) electrons. The summed E-state index contributed by atoms with van der Waals surface area (Å²) >= 11 is 0. The Hall–Kier alpha value is -3.19. The van der Waals surface area contributed by atoms with Crippen LogP contribution in [0.3, 0.4) is 0 Å². The summed E-state index contributed by atoms with van der Waals surface area (Å²) in [5.74, 6) is 0.452. The predicted octanol–water partition coefficient (Wildman–Crippen LogP) is 3.65. The summed E-state index contributed by atoms with van der Waals surface area (Å²) < 4.78 is 16.7. The lowest BCUT2D eigenvalue weighted by Crippen LogP contribution is -2.32. The molecule has 0 aliphatic carbocycles. The zero-order chi connectivity index (χ0) is 22.0. The topological polar surface area (TPSA) is 81.9 Å². The van der Waals surface area contributed by atoms with Gasteiger partial charge in [-0.1, -0.05) is 6.07 Å². The van der Waals surface area contributed by atoms with Crippen LogP contribution in [0.4, 0.5) is 0 Å². The van der Waals surface area contributed by atoms with Crippen LogP contribution in [0.2, 0.25) is 0 Å². The van der Waals surface area contributed by atoms with E-state index in [4.69, 9.17) is 13.9 Å². The zero-order valence-corrected chi connectivity index (χ0v) is 18.1. The van der Waals surface area contributed by atoms with E-state index in [-0.39, 0.29) is 12.4 Å². The van der Waals surface area contributed by atoms with Gasteiger partial charge in [-0.3, -0.25) is 14.7 Å². The molecule has 3 aromatic rings. The van der Waals surface area contributed by atoms with Gasteiger partial charge in [0, 0.05) is 47.8 Å². The number of aromatic nitrogens is 1. The van der Waals surface area contributed by atoms with Crippen molar-refractivity contribution in [1.82, 2.24) is 9.88 Å². The number of esters is 1. The van der Waals surface area contributed by atoms with Crippen molar-refractivity contribution in [2.45, 2.75) is 46.7 Å². The van der Waals surface area contributed by atoms with Crippen molar-refractivity contribution in [3.05, 3.63) is 68.8 Å². The lowest BCUT2D eigenvalue weighted by Gasteiger charge is -2.30. The fourth-order valence-electron chi connectivity index (χ4n) is 4.06. The quantitative estimate of drug-likeness (QED) is 0.443. The van der Waals surface area contributed by atoms with E-state index >= 15 is 0 Å². The molecule has 162 valence electrons.